The van der Waals surface area contributed by atoms with E-state index in [1.165, 1.54) is 18.2 Å². The number of sulfone groups is 1. The second-order valence-corrected chi connectivity index (χ2v) is 6.74. The number of aliphatic carboxylic acids is 1. The van der Waals surface area contributed by atoms with Crippen LogP contribution >= 0.6 is 0 Å². The van der Waals surface area contributed by atoms with Crippen molar-refractivity contribution in [3.63, 3.8) is 0 Å². The van der Waals surface area contributed by atoms with E-state index >= 15 is 0 Å². The monoisotopic (exact) mass is 260 g/mol. The molecular weight excluding hydrogens is 247 g/mol. The molecule has 1 aromatic rings. The highest BCUT2D eigenvalue weighted by molar-refractivity contribution is 7.92. The minimum atomic E-state index is -3.90. The van der Waals surface area contributed by atoms with Crippen LogP contribution in [0.15, 0.2) is 24.3 Å². The molecule has 0 saturated heterocycles. The number of carboxylic acids is 1. The van der Waals surface area contributed by atoms with Crippen LogP contribution in [0.3, 0.4) is 0 Å². The van der Waals surface area contributed by atoms with Gasteiger partial charge in [-0.2, -0.15) is 0 Å². The van der Waals surface area contributed by atoms with E-state index in [1.807, 2.05) is 0 Å². The summed E-state index contributed by atoms with van der Waals surface area (Å²) in [5.41, 5.74) is 0.235. The Hall–Kier alpha value is -1.43. The van der Waals surface area contributed by atoms with Crippen LogP contribution in [0.1, 0.15) is 19.4 Å². The first kappa shape index (κ1) is 13.6. The van der Waals surface area contributed by atoms with E-state index in [0.29, 0.717) is 0 Å². The Morgan fingerprint density at radius 1 is 1.41 bits per heavy atom. The smallest absolute Gasteiger partial charge is 0.324 e. The SMILES string of the molecule is CC(C)(C(=O)O)S(=O)(=O)Cc1cccc(F)c1. The normalized spacial score (nSPS) is 12.4. The molecule has 6 heteroatoms. The Labute approximate surface area is 99.0 Å². The number of halogens is 1. The molecule has 0 bridgehead atoms. The fraction of sp³-hybridized carbons (Fsp3) is 0.364. The summed E-state index contributed by atoms with van der Waals surface area (Å²) in [6.07, 6.45) is 0. The van der Waals surface area contributed by atoms with Gasteiger partial charge in [-0.25, -0.2) is 12.8 Å². The summed E-state index contributed by atoms with van der Waals surface area (Å²) in [5.74, 6) is -2.47. The van der Waals surface area contributed by atoms with Crippen molar-refractivity contribution in [1.82, 2.24) is 0 Å². The van der Waals surface area contributed by atoms with Crippen molar-refractivity contribution in [3.8, 4) is 0 Å². The molecule has 0 spiro atoms. The molecule has 0 unspecified atom stereocenters. The van der Waals surface area contributed by atoms with Gasteiger partial charge in [0.05, 0.1) is 5.75 Å². The predicted molar refractivity (Wildman–Crippen MR) is 60.7 cm³/mol. The quantitative estimate of drug-likeness (QED) is 0.892. The lowest BCUT2D eigenvalue weighted by Crippen LogP contribution is -2.41. The number of benzene rings is 1. The summed E-state index contributed by atoms with van der Waals surface area (Å²) in [6.45, 7) is 2.23. The molecule has 0 amide bonds. The first-order chi connectivity index (χ1) is 7.67. The van der Waals surface area contributed by atoms with Gasteiger partial charge >= 0.3 is 5.97 Å². The van der Waals surface area contributed by atoms with Gasteiger partial charge in [0.1, 0.15) is 5.82 Å². The Morgan fingerprint density at radius 3 is 2.47 bits per heavy atom. The van der Waals surface area contributed by atoms with Crippen LogP contribution in [0.5, 0.6) is 0 Å². The minimum Gasteiger partial charge on any atom is -0.480 e. The minimum absolute atomic E-state index is 0.235. The van der Waals surface area contributed by atoms with Gasteiger partial charge in [-0.3, -0.25) is 4.79 Å². The Balaban J connectivity index is 3.07. The number of hydrogen-bond donors (Lipinski definition) is 1. The highest BCUT2D eigenvalue weighted by atomic mass is 32.2. The van der Waals surface area contributed by atoms with Crippen LogP contribution in [0.2, 0.25) is 0 Å². The lowest BCUT2D eigenvalue weighted by Gasteiger charge is -2.19. The largest absolute Gasteiger partial charge is 0.480 e. The molecule has 0 aliphatic rings. The second-order valence-electron chi connectivity index (χ2n) is 4.20. The average molecular weight is 260 g/mol. The Bertz CT molecular complexity index is 534. The summed E-state index contributed by atoms with van der Waals surface area (Å²) in [5, 5.41) is 8.86. The molecule has 0 aromatic heterocycles. The summed E-state index contributed by atoms with van der Waals surface area (Å²) < 4.78 is 34.7. The van der Waals surface area contributed by atoms with Gasteiger partial charge in [-0.05, 0) is 31.5 Å². The fourth-order valence-corrected chi connectivity index (χ4v) is 2.40. The third-order valence-electron chi connectivity index (χ3n) is 2.54. The molecule has 0 atom stereocenters. The Kier molecular flexibility index (Phi) is 3.56. The van der Waals surface area contributed by atoms with Crippen molar-refractivity contribution in [1.29, 1.82) is 0 Å². The van der Waals surface area contributed by atoms with Gasteiger partial charge < -0.3 is 5.11 Å². The zero-order chi connectivity index (χ0) is 13.3. The van der Waals surface area contributed by atoms with E-state index in [0.717, 1.165) is 19.9 Å². The zero-order valence-corrected chi connectivity index (χ0v) is 10.3. The van der Waals surface area contributed by atoms with Crippen molar-refractivity contribution in [3.05, 3.63) is 35.6 Å². The molecule has 17 heavy (non-hydrogen) atoms. The fourth-order valence-electron chi connectivity index (χ4n) is 1.16. The lowest BCUT2D eigenvalue weighted by molar-refractivity contribution is -0.139. The van der Waals surface area contributed by atoms with Crippen molar-refractivity contribution in [2.24, 2.45) is 0 Å². The van der Waals surface area contributed by atoms with Crippen molar-refractivity contribution in [2.75, 3.05) is 0 Å². The summed E-state index contributed by atoms with van der Waals surface area (Å²) >= 11 is 0. The maximum atomic E-state index is 12.9. The molecule has 4 nitrogen and oxygen atoms in total. The molecule has 0 fully saturated rings. The molecular formula is C11H13FO4S. The van der Waals surface area contributed by atoms with E-state index in [1.54, 1.807) is 0 Å². The number of carbonyl (C=O) groups is 1. The Morgan fingerprint density at radius 2 is 2.00 bits per heavy atom. The van der Waals surface area contributed by atoms with Gasteiger partial charge in [-0.15, -0.1) is 0 Å². The summed E-state index contributed by atoms with van der Waals surface area (Å²) in [4.78, 5) is 10.9. The van der Waals surface area contributed by atoms with Crippen LogP contribution in [-0.4, -0.2) is 24.2 Å². The molecule has 0 heterocycles. The first-order valence-electron chi connectivity index (χ1n) is 4.87. The van der Waals surface area contributed by atoms with Crippen LogP contribution in [-0.2, 0) is 20.4 Å². The van der Waals surface area contributed by atoms with E-state index < -0.39 is 32.1 Å². The highest BCUT2D eigenvalue weighted by Gasteiger charge is 2.41. The molecule has 1 aromatic carbocycles. The maximum absolute atomic E-state index is 12.9. The second kappa shape index (κ2) is 4.44. The van der Waals surface area contributed by atoms with Crippen LogP contribution < -0.4 is 0 Å². The first-order valence-corrected chi connectivity index (χ1v) is 6.52. The van der Waals surface area contributed by atoms with Gasteiger partial charge in [0.15, 0.2) is 14.6 Å². The van der Waals surface area contributed by atoms with Gasteiger partial charge in [0.2, 0.25) is 0 Å². The lowest BCUT2D eigenvalue weighted by atomic mass is 10.2. The van der Waals surface area contributed by atoms with E-state index in [9.17, 15) is 17.6 Å². The van der Waals surface area contributed by atoms with Gasteiger partial charge in [-0.1, -0.05) is 12.1 Å². The molecule has 1 N–H and O–H groups in total. The molecule has 0 aliphatic heterocycles. The molecule has 94 valence electrons. The molecule has 0 aliphatic carbocycles. The standard InChI is InChI=1S/C11H13FO4S/c1-11(2,10(13)14)17(15,16)7-8-4-3-5-9(12)6-8/h3-6H,7H2,1-2H3,(H,13,14). The summed E-state index contributed by atoms with van der Waals surface area (Å²) in [7, 11) is -3.90. The summed E-state index contributed by atoms with van der Waals surface area (Å²) in [6, 6.07) is 5.10. The van der Waals surface area contributed by atoms with Gasteiger partial charge in [0, 0.05) is 0 Å². The number of hydrogen-bond acceptors (Lipinski definition) is 3. The maximum Gasteiger partial charge on any atom is 0.324 e. The molecule has 1 rings (SSSR count). The van der Waals surface area contributed by atoms with Gasteiger partial charge in [0.25, 0.3) is 0 Å². The number of rotatable bonds is 4. The highest BCUT2D eigenvalue weighted by Crippen LogP contribution is 2.22. The predicted octanol–water partition coefficient (Wildman–Crippen LogP) is 1.60. The van der Waals surface area contributed by atoms with Crippen molar-refractivity contribution in [2.45, 2.75) is 24.3 Å². The molecule has 0 radical (unpaired) electrons. The van der Waals surface area contributed by atoms with Crippen LogP contribution in [0.4, 0.5) is 4.39 Å². The average Bonchev–Trinajstić information content (AvgIpc) is 2.16. The van der Waals surface area contributed by atoms with E-state index in [2.05, 4.69) is 0 Å². The van der Waals surface area contributed by atoms with Crippen LogP contribution in [0, 0.1) is 5.82 Å². The van der Waals surface area contributed by atoms with Crippen molar-refractivity contribution < 1.29 is 22.7 Å². The zero-order valence-electron chi connectivity index (χ0n) is 9.47. The van der Waals surface area contributed by atoms with Crippen molar-refractivity contribution >= 4 is 15.8 Å². The third kappa shape index (κ3) is 2.82. The van der Waals surface area contributed by atoms with E-state index in [4.69, 9.17) is 5.11 Å². The third-order valence-corrected chi connectivity index (χ3v) is 4.98. The number of carboxylic acid groups (broad SMARTS) is 1. The van der Waals surface area contributed by atoms with E-state index in [-0.39, 0.29) is 5.56 Å². The topological polar surface area (TPSA) is 71.4 Å². The van der Waals surface area contributed by atoms with Crippen LogP contribution in [0.25, 0.3) is 0 Å². The molecule has 0 saturated carbocycles.